The van der Waals surface area contributed by atoms with Gasteiger partial charge in [-0.05, 0) is 11.5 Å². The highest BCUT2D eigenvalue weighted by atomic mass is 16.3. The van der Waals surface area contributed by atoms with Crippen molar-refractivity contribution in [3.05, 3.63) is 53.6 Å². The van der Waals surface area contributed by atoms with Crippen molar-refractivity contribution < 1.29 is 5.11 Å². The van der Waals surface area contributed by atoms with Gasteiger partial charge in [-0.2, -0.15) is 0 Å². The van der Waals surface area contributed by atoms with Crippen molar-refractivity contribution in [1.82, 2.24) is 9.55 Å². The number of aliphatic hydroxyl groups is 1. The molecule has 1 aromatic heterocycles. The van der Waals surface area contributed by atoms with Crippen LogP contribution in [0.3, 0.4) is 0 Å². The number of rotatable bonds is 2. The highest BCUT2D eigenvalue weighted by molar-refractivity contribution is 5.26. The summed E-state index contributed by atoms with van der Waals surface area (Å²) in [6, 6.07) is 10.8. The van der Waals surface area contributed by atoms with Crippen molar-refractivity contribution in [1.29, 1.82) is 0 Å². The lowest BCUT2D eigenvalue weighted by Gasteiger charge is -2.20. The van der Waals surface area contributed by atoms with Gasteiger partial charge in [-0.3, -0.25) is 0 Å². The Bertz CT molecular complexity index is 519. The molecule has 3 rings (SSSR count). The Morgan fingerprint density at radius 2 is 1.95 bits per heavy atom. The van der Waals surface area contributed by atoms with Crippen molar-refractivity contribution >= 4 is 0 Å². The van der Waals surface area contributed by atoms with Gasteiger partial charge in [0, 0.05) is 6.42 Å². The molecule has 0 bridgehead atoms. The number of imidazole rings is 1. The van der Waals surface area contributed by atoms with E-state index in [9.17, 15) is 5.11 Å². The van der Waals surface area contributed by atoms with E-state index in [4.69, 9.17) is 0 Å². The van der Waals surface area contributed by atoms with Gasteiger partial charge in [0.1, 0.15) is 5.82 Å². The molecule has 0 radical (unpaired) electrons. The second-order valence-electron chi connectivity index (χ2n) is 4.73. The Kier molecular flexibility index (Phi) is 4.38. The average Bonchev–Trinajstić information content (AvgIpc) is 2.99. The average molecular weight is 258 g/mol. The first-order valence-electron chi connectivity index (χ1n) is 7.02. The summed E-state index contributed by atoms with van der Waals surface area (Å²) in [6.45, 7) is 6.30. The van der Waals surface area contributed by atoms with Crippen molar-refractivity contribution in [2.75, 3.05) is 0 Å². The maximum absolute atomic E-state index is 9.38. The molecule has 2 unspecified atom stereocenters. The smallest absolute Gasteiger partial charge is 0.109 e. The number of aliphatic hydroxyl groups excluding tert-OH is 1. The number of hydrogen-bond donors (Lipinski definition) is 1. The second kappa shape index (κ2) is 6.02. The van der Waals surface area contributed by atoms with Crippen LogP contribution in [0.2, 0.25) is 0 Å². The Hall–Kier alpha value is -1.61. The lowest BCUT2D eigenvalue weighted by atomic mass is 9.95. The van der Waals surface area contributed by atoms with Crippen LogP contribution >= 0.6 is 0 Å². The van der Waals surface area contributed by atoms with E-state index in [1.54, 1.807) is 6.20 Å². The van der Waals surface area contributed by atoms with Crippen LogP contribution < -0.4 is 0 Å². The fraction of sp³-hybridized carbons (Fsp3) is 0.438. The summed E-state index contributed by atoms with van der Waals surface area (Å²) < 4.78 is 2.19. The van der Waals surface area contributed by atoms with E-state index >= 15 is 0 Å². The fourth-order valence-corrected chi connectivity index (χ4v) is 2.83. The van der Waals surface area contributed by atoms with Crippen molar-refractivity contribution in [2.45, 2.75) is 39.8 Å². The van der Waals surface area contributed by atoms with E-state index in [0.29, 0.717) is 12.0 Å². The molecule has 0 saturated carbocycles. The summed E-state index contributed by atoms with van der Waals surface area (Å²) in [5.74, 6) is 1.63. The highest BCUT2D eigenvalue weighted by Gasteiger charge is 2.32. The molecule has 1 aliphatic heterocycles. The standard InChI is InChI=1S/C14H16N2O.C2H6/c1-10-7-13-15-8-12(9-17)16(13)14(10)11-5-3-2-4-6-11;1-2/h2-6,8,10,14,17H,7,9H2,1H3;1-2H3. The van der Waals surface area contributed by atoms with Crippen molar-refractivity contribution in [3.8, 4) is 0 Å². The fourth-order valence-electron chi connectivity index (χ4n) is 2.83. The first-order valence-corrected chi connectivity index (χ1v) is 7.02. The van der Waals surface area contributed by atoms with Crippen LogP contribution in [0.1, 0.15) is 43.9 Å². The van der Waals surface area contributed by atoms with Crippen LogP contribution in [0.15, 0.2) is 36.5 Å². The number of hydrogen-bond acceptors (Lipinski definition) is 2. The third kappa shape index (κ3) is 2.43. The molecule has 0 fully saturated rings. The largest absolute Gasteiger partial charge is 0.390 e. The molecule has 0 saturated heterocycles. The van der Waals surface area contributed by atoms with Crippen LogP contribution in [0.5, 0.6) is 0 Å². The van der Waals surface area contributed by atoms with Gasteiger partial charge in [-0.15, -0.1) is 0 Å². The van der Waals surface area contributed by atoms with Crippen LogP contribution in [0.4, 0.5) is 0 Å². The molecule has 0 amide bonds. The van der Waals surface area contributed by atoms with Crippen molar-refractivity contribution in [2.24, 2.45) is 5.92 Å². The molecule has 0 aliphatic carbocycles. The topological polar surface area (TPSA) is 38.1 Å². The summed E-state index contributed by atoms with van der Waals surface area (Å²) >= 11 is 0. The quantitative estimate of drug-likeness (QED) is 0.898. The Balaban J connectivity index is 0.000000637. The molecule has 102 valence electrons. The molecular weight excluding hydrogens is 236 g/mol. The molecule has 2 aromatic rings. The van der Waals surface area contributed by atoms with E-state index in [1.165, 1.54) is 5.56 Å². The zero-order valence-corrected chi connectivity index (χ0v) is 11.9. The Labute approximate surface area is 114 Å². The maximum Gasteiger partial charge on any atom is 0.109 e. The molecule has 1 N–H and O–H groups in total. The van der Waals surface area contributed by atoms with Crippen LogP contribution in [0.25, 0.3) is 0 Å². The van der Waals surface area contributed by atoms with Gasteiger partial charge >= 0.3 is 0 Å². The summed E-state index contributed by atoms with van der Waals surface area (Å²) in [6.07, 6.45) is 2.77. The molecule has 1 aromatic carbocycles. The molecule has 3 heteroatoms. The SMILES string of the molecule is CC.CC1Cc2ncc(CO)n2C1c1ccccc1. The second-order valence-corrected chi connectivity index (χ2v) is 4.73. The third-order valence-electron chi connectivity index (χ3n) is 3.57. The van der Waals surface area contributed by atoms with Crippen LogP contribution in [0, 0.1) is 5.92 Å². The maximum atomic E-state index is 9.38. The van der Waals surface area contributed by atoms with Gasteiger partial charge in [0.25, 0.3) is 0 Å². The minimum absolute atomic E-state index is 0.0586. The van der Waals surface area contributed by atoms with Gasteiger partial charge in [-0.1, -0.05) is 51.1 Å². The number of aromatic nitrogens is 2. The highest BCUT2D eigenvalue weighted by Crippen LogP contribution is 2.37. The van der Waals surface area contributed by atoms with Crippen LogP contribution in [-0.2, 0) is 13.0 Å². The van der Waals surface area contributed by atoms with Gasteiger partial charge in [0.05, 0.1) is 24.5 Å². The van der Waals surface area contributed by atoms with E-state index in [2.05, 4.69) is 40.7 Å². The summed E-state index contributed by atoms with van der Waals surface area (Å²) in [5.41, 5.74) is 2.21. The number of fused-ring (bicyclic) bond motifs is 1. The molecule has 2 atom stereocenters. The van der Waals surface area contributed by atoms with Gasteiger partial charge in [-0.25, -0.2) is 4.98 Å². The normalized spacial score (nSPS) is 20.6. The number of benzene rings is 1. The summed E-state index contributed by atoms with van der Waals surface area (Å²) in [7, 11) is 0. The lowest BCUT2D eigenvalue weighted by molar-refractivity contribution is 0.267. The zero-order valence-electron chi connectivity index (χ0n) is 11.9. The molecule has 0 spiro atoms. The predicted molar refractivity (Wildman–Crippen MR) is 76.9 cm³/mol. The van der Waals surface area contributed by atoms with E-state index in [0.717, 1.165) is 17.9 Å². The summed E-state index contributed by atoms with van der Waals surface area (Å²) in [4.78, 5) is 4.40. The Morgan fingerprint density at radius 1 is 1.26 bits per heavy atom. The van der Waals surface area contributed by atoms with Gasteiger partial charge in [0.15, 0.2) is 0 Å². The molecular formula is C16H22N2O. The van der Waals surface area contributed by atoms with Gasteiger partial charge in [0.2, 0.25) is 0 Å². The molecule has 3 nitrogen and oxygen atoms in total. The minimum Gasteiger partial charge on any atom is -0.390 e. The zero-order chi connectivity index (χ0) is 13.8. The molecule has 2 heterocycles. The van der Waals surface area contributed by atoms with Crippen molar-refractivity contribution in [3.63, 3.8) is 0 Å². The predicted octanol–water partition coefficient (Wildman–Crippen LogP) is 3.18. The van der Waals surface area contributed by atoms with Crippen LogP contribution in [-0.4, -0.2) is 14.7 Å². The first-order chi connectivity index (χ1) is 9.31. The Morgan fingerprint density at radius 3 is 2.58 bits per heavy atom. The first kappa shape index (κ1) is 13.8. The monoisotopic (exact) mass is 258 g/mol. The lowest BCUT2D eigenvalue weighted by Crippen LogP contribution is -2.14. The van der Waals surface area contributed by atoms with Gasteiger partial charge < -0.3 is 9.67 Å². The van der Waals surface area contributed by atoms with E-state index in [1.807, 2.05) is 19.9 Å². The van der Waals surface area contributed by atoms with E-state index < -0.39 is 0 Å². The minimum atomic E-state index is 0.0586. The molecule has 19 heavy (non-hydrogen) atoms. The molecule has 1 aliphatic rings. The number of nitrogens with zero attached hydrogens (tertiary/aromatic N) is 2. The van der Waals surface area contributed by atoms with E-state index in [-0.39, 0.29) is 6.61 Å². The summed E-state index contributed by atoms with van der Waals surface area (Å²) in [5, 5.41) is 9.38. The third-order valence-corrected chi connectivity index (χ3v) is 3.57.